The maximum atomic E-state index is 4.71. The highest BCUT2D eigenvalue weighted by atomic mass is 15.2. The van der Waals surface area contributed by atoms with Crippen LogP contribution in [0.2, 0.25) is 0 Å². The molecule has 116 valence electrons. The van der Waals surface area contributed by atoms with Gasteiger partial charge in [0.05, 0.1) is 6.54 Å². The summed E-state index contributed by atoms with van der Waals surface area (Å²) < 4.78 is 0. The molecule has 1 aliphatic rings. The summed E-state index contributed by atoms with van der Waals surface area (Å²) >= 11 is 0. The van der Waals surface area contributed by atoms with E-state index in [1.165, 1.54) is 0 Å². The molecule has 0 saturated heterocycles. The third-order valence-electron chi connectivity index (χ3n) is 3.65. The minimum Gasteiger partial charge on any atom is -0.357 e. The van der Waals surface area contributed by atoms with Gasteiger partial charge < -0.3 is 10.6 Å². The number of nitrogens with one attached hydrogen (secondary N) is 2. The van der Waals surface area contributed by atoms with Gasteiger partial charge in [-0.2, -0.15) is 0 Å². The van der Waals surface area contributed by atoms with E-state index in [4.69, 9.17) is 4.99 Å². The van der Waals surface area contributed by atoms with Crippen molar-refractivity contribution < 1.29 is 0 Å². The van der Waals surface area contributed by atoms with E-state index >= 15 is 0 Å². The molecule has 0 unspecified atom stereocenters. The lowest BCUT2D eigenvalue weighted by Gasteiger charge is -2.29. The Morgan fingerprint density at radius 1 is 1.20 bits per heavy atom. The van der Waals surface area contributed by atoms with Crippen molar-refractivity contribution in [1.29, 1.82) is 0 Å². The Balaban J connectivity index is 2.44. The molecule has 0 heterocycles. The maximum Gasteiger partial charge on any atom is 0.191 e. The summed E-state index contributed by atoms with van der Waals surface area (Å²) in [6, 6.07) is 1.65. The van der Waals surface area contributed by atoms with Gasteiger partial charge in [0, 0.05) is 31.2 Å². The molecular formula is C16H32N4. The van der Waals surface area contributed by atoms with Gasteiger partial charge in [-0.1, -0.05) is 12.2 Å². The van der Waals surface area contributed by atoms with E-state index in [-0.39, 0.29) is 0 Å². The van der Waals surface area contributed by atoms with Crippen LogP contribution in [-0.4, -0.2) is 48.6 Å². The summed E-state index contributed by atoms with van der Waals surface area (Å²) in [4.78, 5) is 7.18. The Kier molecular flexibility index (Phi) is 7.67. The summed E-state index contributed by atoms with van der Waals surface area (Å²) in [5.41, 5.74) is 0. The molecule has 0 atom stereocenters. The average molecular weight is 280 g/mol. The summed E-state index contributed by atoms with van der Waals surface area (Å²) in [6.45, 7) is 13.9. The molecular weight excluding hydrogens is 248 g/mol. The zero-order valence-electron chi connectivity index (χ0n) is 13.8. The van der Waals surface area contributed by atoms with Crippen LogP contribution in [0.15, 0.2) is 17.1 Å². The first-order valence-electron chi connectivity index (χ1n) is 8.00. The molecule has 0 amide bonds. The third kappa shape index (κ3) is 5.95. The van der Waals surface area contributed by atoms with Gasteiger partial charge in [0.25, 0.3) is 0 Å². The molecule has 0 radical (unpaired) electrons. The second kappa shape index (κ2) is 9.01. The number of guanidine groups is 1. The second-order valence-corrected chi connectivity index (χ2v) is 5.97. The van der Waals surface area contributed by atoms with Crippen LogP contribution in [0.1, 0.15) is 47.5 Å². The number of nitrogens with zero attached hydrogens (tertiary/aromatic N) is 2. The highest BCUT2D eigenvalue weighted by molar-refractivity contribution is 5.80. The normalized spacial score (nSPS) is 16.7. The second-order valence-electron chi connectivity index (χ2n) is 5.97. The van der Waals surface area contributed by atoms with Crippen LogP contribution in [0.5, 0.6) is 0 Å². The predicted octanol–water partition coefficient (Wildman–Crippen LogP) is 2.38. The summed E-state index contributed by atoms with van der Waals surface area (Å²) in [7, 11) is 0. The Morgan fingerprint density at radius 2 is 1.80 bits per heavy atom. The first-order chi connectivity index (χ1) is 9.54. The van der Waals surface area contributed by atoms with Gasteiger partial charge in [0.15, 0.2) is 5.96 Å². The highest BCUT2D eigenvalue weighted by Gasteiger charge is 2.13. The van der Waals surface area contributed by atoms with Gasteiger partial charge in [-0.05, 0) is 47.5 Å². The minimum absolute atomic E-state index is 0.513. The van der Waals surface area contributed by atoms with Gasteiger partial charge in [-0.25, -0.2) is 0 Å². The van der Waals surface area contributed by atoms with Crippen LogP contribution >= 0.6 is 0 Å². The average Bonchev–Trinajstić information content (AvgIpc) is 2.86. The zero-order chi connectivity index (χ0) is 15.0. The molecule has 20 heavy (non-hydrogen) atoms. The van der Waals surface area contributed by atoms with Gasteiger partial charge in [0.2, 0.25) is 0 Å². The van der Waals surface area contributed by atoms with Crippen LogP contribution in [-0.2, 0) is 0 Å². The minimum atomic E-state index is 0.513. The molecule has 0 fully saturated rings. The first kappa shape index (κ1) is 17.0. The monoisotopic (exact) mass is 280 g/mol. The molecule has 0 aromatic carbocycles. The lowest BCUT2D eigenvalue weighted by Crippen LogP contribution is -2.43. The SMILES string of the molecule is CCNC(=NCCN(C(C)C)C(C)C)NC1CC=CC1. The summed E-state index contributed by atoms with van der Waals surface area (Å²) in [5, 5.41) is 6.84. The smallest absolute Gasteiger partial charge is 0.191 e. The molecule has 0 saturated carbocycles. The maximum absolute atomic E-state index is 4.71. The molecule has 1 aliphatic carbocycles. The molecule has 4 nitrogen and oxygen atoms in total. The Bertz CT molecular complexity index is 304. The van der Waals surface area contributed by atoms with Gasteiger partial charge in [-0.15, -0.1) is 0 Å². The van der Waals surface area contributed by atoms with Crippen LogP contribution in [0.3, 0.4) is 0 Å². The topological polar surface area (TPSA) is 39.7 Å². The standard InChI is InChI=1S/C16H32N4/c1-6-17-16(19-15-9-7-8-10-15)18-11-12-20(13(2)3)14(4)5/h7-8,13-15H,6,9-12H2,1-5H3,(H2,17,18,19). The summed E-state index contributed by atoms with van der Waals surface area (Å²) in [6.07, 6.45) is 6.68. The largest absolute Gasteiger partial charge is 0.357 e. The van der Waals surface area contributed by atoms with Crippen molar-refractivity contribution in [3.8, 4) is 0 Å². The molecule has 0 spiro atoms. The Labute approximate surface area is 124 Å². The van der Waals surface area contributed by atoms with Gasteiger partial charge in [-0.3, -0.25) is 9.89 Å². The van der Waals surface area contributed by atoms with Crippen molar-refractivity contribution in [2.75, 3.05) is 19.6 Å². The van der Waals surface area contributed by atoms with E-state index in [9.17, 15) is 0 Å². The fraction of sp³-hybridized carbons (Fsp3) is 0.812. The summed E-state index contributed by atoms with van der Waals surface area (Å²) in [5.74, 6) is 0.952. The van der Waals surface area contributed by atoms with Crippen molar-refractivity contribution in [1.82, 2.24) is 15.5 Å². The fourth-order valence-electron chi connectivity index (χ4n) is 2.64. The number of hydrogen-bond donors (Lipinski definition) is 2. The first-order valence-corrected chi connectivity index (χ1v) is 8.00. The molecule has 2 N–H and O–H groups in total. The molecule has 0 aliphatic heterocycles. The van der Waals surface area contributed by atoms with E-state index in [2.05, 4.69) is 62.3 Å². The van der Waals surface area contributed by atoms with E-state index < -0.39 is 0 Å². The van der Waals surface area contributed by atoms with Crippen molar-refractivity contribution in [2.45, 2.75) is 65.6 Å². The quantitative estimate of drug-likeness (QED) is 0.427. The lowest BCUT2D eigenvalue weighted by molar-refractivity contribution is 0.181. The predicted molar refractivity (Wildman–Crippen MR) is 88.3 cm³/mol. The van der Waals surface area contributed by atoms with Gasteiger partial charge >= 0.3 is 0 Å². The fourth-order valence-corrected chi connectivity index (χ4v) is 2.64. The Morgan fingerprint density at radius 3 is 2.30 bits per heavy atom. The number of aliphatic imine (C=N–C) groups is 1. The zero-order valence-corrected chi connectivity index (χ0v) is 13.8. The van der Waals surface area contributed by atoms with Crippen molar-refractivity contribution in [3.63, 3.8) is 0 Å². The van der Waals surface area contributed by atoms with Crippen molar-refractivity contribution in [3.05, 3.63) is 12.2 Å². The van der Waals surface area contributed by atoms with Crippen molar-refractivity contribution >= 4 is 5.96 Å². The molecule has 4 heteroatoms. The molecule has 0 aromatic rings. The molecule has 0 bridgehead atoms. The van der Waals surface area contributed by atoms with E-state index in [0.29, 0.717) is 18.1 Å². The molecule has 0 aromatic heterocycles. The van der Waals surface area contributed by atoms with Crippen LogP contribution in [0.4, 0.5) is 0 Å². The van der Waals surface area contributed by atoms with E-state index in [1.807, 2.05) is 0 Å². The van der Waals surface area contributed by atoms with E-state index in [0.717, 1.165) is 38.4 Å². The van der Waals surface area contributed by atoms with Crippen LogP contribution in [0.25, 0.3) is 0 Å². The van der Waals surface area contributed by atoms with Crippen molar-refractivity contribution in [2.24, 2.45) is 4.99 Å². The number of rotatable bonds is 7. The highest BCUT2D eigenvalue weighted by Crippen LogP contribution is 2.08. The van der Waals surface area contributed by atoms with E-state index in [1.54, 1.807) is 0 Å². The van der Waals surface area contributed by atoms with Gasteiger partial charge in [0.1, 0.15) is 0 Å². The molecule has 1 rings (SSSR count). The third-order valence-corrected chi connectivity index (χ3v) is 3.65. The Hall–Kier alpha value is -1.03. The number of hydrogen-bond acceptors (Lipinski definition) is 2. The van der Waals surface area contributed by atoms with Crippen LogP contribution in [0, 0.1) is 0 Å². The van der Waals surface area contributed by atoms with Crippen LogP contribution < -0.4 is 10.6 Å². The lowest BCUT2D eigenvalue weighted by atomic mass is 10.2.